The Morgan fingerprint density at radius 2 is 1.89 bits per heavy atom. The second-order valence-corrected chi connectivity index (χ2v) is 7.08. The monoisotopic (exact) mass is 399 g/mol. The SMILES string of the molecule is Cc1cc(-c2ccc(Cl)cc2)nc(SCC(=O)c2cccc([N+](=O)[O-])c2)n1. The Balaban J connectivity index is 1.76. The summed E-state index contributed by atoms with van der Waals surface area (Å²) in [5.74, 6) is -0.133. The third kappa shape index (κ3) is 4.90. The largest absolute Gasteiger partial charge is 0.293 e. The highest BCUT2D eigenvalue weighted by molar-refractivity contribution is 7.99. The van der Waals surface area contributed by atoms with Crippen LogP contribution in [0.2, 0.25) is 5.02 Å². The highest BCUT2D eigenvalue weighted by atomic mass is 35.5. The topological polar surface area (TPSA) is 86.0 Å². The number of Topliss-reactive ketones (excluding diaryl/α,β-unsaturated/α-hetero) is 1. The molecule has 1 aromatic heterocycles. The lowest BCUT2D eigenvalue weighted by Gasteiger charge is -2.06. The van der Waals surface area contributed by atoms with Crippen molar-refractivity contribution in [2.24, 2.45) is 0 Å². The molecule has 27 heavy (non-hydrogen) atoms. The second-order valence-electron chi connectivity index (χ2n) is 5.70. The molecular formula is C19H14ClN3O3S. The van der Waals surface area contributed by atoms with Crippen molar-refractivity contribution in [2.45, 2.75) is 12.1 Å². The molecule has 0 aliphatic carbocycles. The van der Waals surface area contributed by atoms with Crippen LogP contribution in [0, 0.1) is 17.0 Å². The number of ketones is 1. The second kappa shape index (κ2) is 8.28. The lowest BCUT2D eigenvalue weighted by molar-refractivity contribution is -0.384. The van der Waals surface area contributed by atoms with Crippen molar-refractivity contribution in [1.82, 2.24) is 9.97 Å². The minimum Gasteiger partial charge on any atom is -0.293 e. The summed E-state index contributed by atoms with van der Waals surface area (Å²) in [6, 6.07) is 14.9. The first-order chi connectivity index (χ1) is 12.9. The summed E-state index contributed by atoms with van der Waals surface area (Å²) < 4.78 is 0. The van der Waals surface area contributed by atoms with E-state index in [0.717, 1.165) is 17.0 Å². The van der Waals surface area contributed by atoms with Crippen molar-refractivity contribution in [2.75, 3.05) is 5.75 Å². The zero-order valence-corrected chi connectivity index (χ0v) is 15.8. The molecule has 0 saturated carbocycles. The molecule has 0 spiro atoms. The van der Waals surface area contributed by atoms with E-state index in [1.165, 1.54) is 30.0 Å². The number of hydrogen-bond donors (Lipinski definition) is 0. The molecule has 0 aliphatic rings. The molecule has 0 amide bonds. The first-order valence-corrected chi connectivity index (χ1v) is 9.31. The molecule has 0 bridgehead atoms. The third-order valence-electron chi connectivity index (χ3n) is 3.68. The van der Waals surface area contributed by atoms with Crippen molar-refractivity contribution in [1.29, 1.82) is 0 Å². The zero-order valence-electron chi connectivity index (χ0n) is 14.3. The molecule has 0 N–H and O–H groups in total. The van der Waals surface area contributed by atoms with Gasteiger partial charge in [-0.15, -0.1) is 0 Å². The van der Waals surface area contributed by atoms with Crippen LogP contribution in [0.5, 0.6) is 0 Å². The predicted octanol–water partition coefficient (Wildman–Crippen LogP) is 4.99. The number of non-ortho nitro benzene ring substituents is 1. The summed E-state index contributed by atoms with van der Waals surface area (Å²) in [5, 5.41) is 12.0. The quantitative estimate of drug-likeness (QED) is 0.191. The number of nitro groups is 1. The Labute approximate surface area is 164 Å². The number of carbonyl (C=O) groups is 1. The van der Waals surface area contributed by atoms with E-state index >= 15 is 0 Å². The number of aromatic nitrogens is 2. The highest BCUT2D eigenvalue weighted by Crippen LogP contribution is 2.24. The fourth-order valence-electron chi connectivity index (χ4n) is 2.38. The maximum atomic E-state index is 12.4. The zero-order chi connectivity index (χ0) is 19.4. The third-order valence-corrected chi connectivity index (χ3v) is 4.78. The molecule has 1 heterocycles. The number of aryl methyl sites for hydroxylation is 1. The lowest BCUT2D eigenvalue weighted by atomic mass is 10.1. The van der Waals surface area contributed by atoms with Crippen LogP contribution in [0.15, 0.2) is 59.8 Å². The molecule has 0 unspecified atom stereocenters. The molecule has 136 valence electrons. The number of hydrogen-bond acceptors (Lipinski definition) is 6. The van der Waals surface area contributed by atoms with Crippen LogP contribution in [0.4, 0.5) is 5.69 Å². The number of rotatable bonds is 6. The molecule has 0 aliphatic heterocycles. The van der Waals surface area contributed by atoms with Gasteiger partial charge in [-0.2, -0.15) is 0 Å². The smallest absolute Gasteiger partial charge is 0.270 e. The van der Waals surface area contributed by atoms with Gasteiger partial charge in [0, 0.05) is 34.0 Å². The number of benzene rings is 2. The van der Waals surface area contributed by atoms with E-state index in [0.29, 0.717) is 15.7 Å². The molecule has 0 radical (unpaired) electrons. The lowest BCUT2D eigenvalue weighted by Crippen LogP contribution is -2.04. The van der Waals surface area contributed by atoms with E-state index in [2.05, 4.69) is 9.97 Å². The molecule has 0 saturated heterocycles. The predicted molar refractivity (Wildman–Crippen MR) is 105 cm³/mol. The molecule has 2 aromatic carbocycles. The summed E-state index contributed by atoms with van der Waals surface area (Å²) in [5.41, 5.74) is 2.60. The normalized spacial score (nSPS) is 10.6. The van der Waals surface area contributed by atoms with Gasteiger partial charge in [0.2, 0.25) is 0 Å². The van der Waals surface area contributed by atoms with Crippen LogP contribution in [0.3, 0.4) is 0 Å². The molecule has 6 nitrogen and oxygen atoms in total. The van der Waals surface area contributed by atoms with E-state index in [9.17, 15) is 14.9 Å². The van der Waals surface area contributed by atoms with Crippen LogP contribution in [-0.4, -0.2) is 26.4 Å². The van der Waals surface area contributed by atoms with Gasteiger partial charge in [0.15, 0.2) is 10.9 Å². The number of nitrogens with zero attached hydrogens (tertiary/aromatic N) is 3. The first kappa shape index (κ1) is 19.0. The fraction of sp³-hybridized carbons (Fsp3) is 0.105. The first-order valence-electron chi connectivity index (χ1n) is 7.94. The minimum absolute atomic E-state index is 0.0880. The maximum absolute atomic E-state index is 12.4. The number of thioether (sulfide) groups is 1. The van der Waals surface area contributed by atoms with E-state index in [-0.39, 0.29) is 17.2 Å². The number of nitro benzene ring substituents is 1. The highest BCUT2D eigenvalue weighted by Gasteiger charge is 2.13. The Hall–Kier alpha value is -2.77. The van der Waals surface area contributed by atoms with Crippen LogP contribution in [-0.2, 0) is 0 Å². The Bertz CT molecular complexity index is 1010. The van der Waals surface area contributed by atoms with Crippen LogP contribution >= 0.6 is 23.4 Å². The Kier molecular flexibility index (Phi) is 5.83. The van der Waals surface area contributed by atoms with Gasteiger partial charge >= 0.3 is 0 Å². The van der Waals surface area contributed by atoms with Crippen molar-refractivity contribution < 1.29 is 9.72 Å². The molecule has 3 aromatic rings. The van der Waals surface area contributed by atoms with Gasteiger partial charge < -0.3 is 0 Å². The van der Waals surface area contributed by atoms with Crippen molar-refractivity contribution in [3.05, 3.63) is 81.0 Å². The summed E-state index contributed by atoms with van der Waals surface area (Å²) >= 11 is 7.11. The van der Waals surface area contributed by atoms with Crippen LogP contribution in [0.1, 0.15) is 16.1 Å². The summed E-state index contributed by atoms with van der Waals surface area (Å²) in [7, 11) is 0. The number of carbonyl (C=O) groups excluding carboxylic acids is 1. The van der Waals surface area contributed by atoms with Gasteiger partial charge in [-0.25, -0.2) is 9.97 Å². The van der Waals surface area contributed by atoms with E-state index in [1.807, 2.05) is 25.1 Å². The van der Waals surface area contributed by atoms with Gasteiger partial charge in [0.25, 0.3) is 5.69 Å². The van der Waals surface area contributed by atoms with Crippen LogP contribution < -0.4 is 0 Å². The van der Waals surface area contributed by atoms with E-state index < -0.39 is 4.92 Å². The number of halogens is 1. The minimum atomic E-state index is -0.522. The average molecular weight is 400 g/mol. The molecule has 0 fully saturated rings. The van der Waals surface area contributed by atoms with Gasteiger partial charge in [0.05, 0.1) is 16.4 Å². The van der Waals surface area contributed by atoms with Gasteiger partial charge in [0.1, 0.15) is 0 Å². The Morgan fingerprint density at radius 3 is 2.59 bits per heavy atom. The maximum Gasteiger partial charge on any atom is 0.270 e. The summed E-state index contributed by atoms with van der Waals surface area (Å²) in [6.07, 6.45) is 0. The molecule has 3 rings (SSSR count). The van der Waals surface area contributed by atoms with Crippen molar-refractivity contribution in [3.8, 4) is 11.3 Å². The molecule has 0 atom stereocenters. The average Bonchev–Trinajstić information content (AvgIpc) is 2.66. The van der Waals surface area contributed by atoms with Crippen molar-refractivity contribution >= 4 is 34.8 Å². The standard InChI is InChI=1S/C19H14ClN3O3S/c1-12-9-17(13-5-7-15(20)8-6-13)22-19(21-12)27-11-18(24)14-3-2-4-16(10-14)23(25)26/h2-10H,11H2,1H3. The van der Waals surface area contributed by atoms with Gasteiger partial charge in [-0.1, -0.05) is 47.6 Å². The van der Waals surface area contributed by atoms with Gasteiger partial charge in [-0.3, -0.25) is 14.9 Å². The Morgan fingerprint density at radius 1 is 1.15 bits per heavy atom. The van der Waals surface area contributed by atoms with E-state index in [4.69, 9.17) is 11.6 Å². The van der Waals surface area contributed by atoms with Crippen molar-refractivity contribution in [3.63, 3.8) is 0 Å². The molecular weight excluding hydrogens is 386 g/mol. The summed E-state index contributed by atoms with van der Waals surface area (Å²) in [6.45, 7) is 1.85. The summed E-state index contributed by atoms with van der Waals surface area (Å²) in [4.78, 5) is 31.5. The molecule has 8 heteroatoms. The van der Waals surface area contributed by atoms with E-state index in [1.54, 1.807) is 18.2 Å². The van der Waals surface area contributed by atoms with Gasteiger partial charge in [-0.05, 0) is 25.1 Å². The van der Waals surface area contributed by atoms with Crippen LogP contribution in [0.25, 0.3) is 11.3 Å². The fourth-order valence-corrected chi connectivity index (χ4v) is 3.31.